The maximum absolute atomic E-state index is 2.35. The molecule has 0 N–H and O–H groups in total. The van der Waals surface area contributed by atoms with Gasteiger partial charge in [-0.05, 0) is 44.5 Å². The Morgan fingerprint density at radius 1 is 0.800 bits per heavy atom. The van der Waals surface area contributed by atoms with Crippen LogP contribution in [0.4, 0.5) is 0 Å². The van der Waals surface area contributed by atoms with E-state index in [1.54, 1.807) is 10.6 Å². The molecule has 104 valence electrons. The van der Waals surface area contributed by atoms with Crippen molar-refractivity contribution in [3.05, 3.63) is 59.7 Å². The van der Waals surface area contributed by atoms with Crippen molar-refractivity contribution in [1.29, 1.82) is 0 Å². The smallest absolute Gasteiger partial charge is 0.0195 e. The van der Waals surface area contributed by atoms with E-state index in [2.05, 4.69) is 62.4 Å². The highest BCUT2D eigenvalue weighted by Gasteiger charge is 2.23. The van der Waals surface area contributed by atoms with Crippen LogP contribution in [0.3, 0.4) is 0 Å². The fourth-order valence-corrected chi connectivity index (χ4v) is 5.36. The van der Waals surface area contributed by atoms with Gasteiger partial charge in [-0.2, -0.15) is 0 Å². The molecule has 3 rings (SSSR count). The van der Waals surface area contributed by atoms with Crippen LogP contribution in [0.2, 0.25) is 0 Å². The van der Waals surface area contributed by atoms with Crippen molar-refractivity contribution >= 4 is 18.5 Å². The van der Waals surface area contributed by atoms with E-state index in [0.29, 0.717) is 0 Å². The van der Waals surface area contributed by atoms with E-state index >= 15 is 0 Å². The second kappa shape index (κ2) is 6.10. The van der Waals surface area contributed by atoms with Gasteiger partial charge >= 0.3 is 0 Å². The van der Waals surface area contributed by atoms with Gasteiger partial charge in [-0.25, -0.2) is 0 Å². The van der Waals surface area contributed by atoms with Gasteiger partial charge in [0.15, 0.2) is 0 Å². The standard InChI is InChI=1S/C19H23P/c1-15-6-10-18(11-7-15)20(14-17-4-3-5-17)19-12-8-16(2)9-13-19/h6-13,17H,3-5,14H2,1-2H3. The minimum absolute atomic E-state index is 0.170. The SMILES string of the molecule is Cc1ccc(P(CC2CCC2)c2ccc(C)cc2)cc1. The first-order chi connectivity index (χ1) is 9.72. The van der Waals surface area contributed by atoms with E-state index in [0.717, 1.165) is 5.92 Å². The normalized spacial score (nSPS) is 15.3. The lowest BCUT2D eigenvalue weighted by molar-refractivity contribution is 0.352. The lowest BCUT2D eigenvalue weighted by Gasteiger charge is -2.30. The fourth-order valence-electron chi connectivity index (χ4n) is 2.74. The molecule has 0 amide bonds. The molecule has 0 radical (unpaired) electrons. The Morgan fingerprint density at radius 2 is 1.25 bits per heavy atom. The predicted molar refractivity (Wildman–Crippen MR) is 90.8 cm³/mol. The molecule has 2 aromatic rings. The third kappa shape index (κ3) is 3.13. The van der Waals surface area contributed by atoms with E-state index in [9.17, 15) is 0 Å². The number of aryl methyl sites for hydroxylation is 2. The quantitative estimate of drug-likeness (QED) is 0.722. The molecular weight excluding hydrogens is 259 g/mol. The highest BCUT2D eigenvalue weighted by Crippen LogP contribution is 2.41. The Hall–Kier alpha value is -1.13. The highest BCUT2D eigenvalue weighted by molar-refractivity contribution is 7.73. The summed E-state index contributed by atoms with van der Waals surface area (Å²) in [5, 5.41) is 3.09. The summed E-state index contributed by atoms with van der Waals surface area (Å²) in [5.74, 6) is 0.962. The summed E-state index contributed by atoms with van der Waals surface area (Å²) in [6, 6.07) is 18.4. The van der Waals surface area contributed by atoms with Crippen LogP contribution in [-0.4, -0.2) is 6.16 Å². The summed E-state index contributed by atoms with van der Waals surface area (Å²) in [6.45, 7) is 4.34. The summed E-state index contributed by atoms with van der Waals surface area (Å²) in [5.41, 5.74) is 2.72. The third-order valence-corrected chi connectivity index (χ3v) is 7.08. The van der Waals surface area contributed by atoms with Crippen molar-refractivity contribution in [3.8, 4) is 0 Å². The van der Waals surface area contributed by atoms with Gasteiger partial charge in [-0.1, -0.05) is 78.9 Å². The zero-order chi connectivity index (χ0) is 13.9. The van der Waals surface area contributed by atoms with Gasteiger partial charge in [0, 0.05) is 0 Å². The van der Waals surface area contributed by atoms with Gasteiger partial charge in [-0.3, -0.25) is 0 Å². The van der Waals surface area contributed by atoms with Crippen molar-refractivity contribution in [2.75, 3.05) is 6.16 Å². The second-order valence-corrected chi connectivity index (χ2v) is 8.33. The van der Waals surface area contributed by atoms with Crippen LogP contribution in [0.5, 0.6) is 0 Å². The fraction of sp³-hybridized carbons (Fsp3) is 0.368. The first-order valence-corrected chi connectivity index (χ1v) is 9.16. The molecular formula is C19H23P. The molecule has 0 bridgehead atoms. The van der Waals surface area contributed by atoms with Gasteiger partial charge in [0.2, 0.25) is 0 Å². The van der Waals surface area contributed by atoms with Gasteiger partial charge in [0.25, 0.3) is 0 Å². The molecule has 0 aliphatic heterocycles. The van der Waals surface area contributed by atoms with Crippen LogP contribution in [0, 0.1) is 19.8 Å². The van der Waals surface area contributed by atoms with E-state index in [1.165, 1.54) is 36.6 Å². The van der Waals surface area contributed by atoms with Crippen molar-refractivity contribution in [2.45, 2.75) is 33.1 Å². The predicted octanol–water partition coefficient (Wildman–Crippen LogP) is 4.54. The maximum Gasteiger partial charge on any atom is -0.0195 e. The molecule has 0 atom stereocenters. The minimum Gasteiger partial charge on any atom is -0.0587 e. The minimum atomic E-state index is -0.170. The Balaban J connectivity index is 1.89. The number of hydrogen-bond acceptors (Lipinski definition) is 0. The average Bonchev–Trinajstić information content (AvgIpc) is 2.41. The van der Waals surface area contributed by atoms with Gasteiger partial charge in [-0.15, -0.1) is 0 Å². The summed E-state index contributed by atoms with van der Waals surface area (Å²) in [7, 11) is -0.170. The molecule has 1 heteroatoms. The van der Waals surface area contributed by atoms with Gasteiger partial charge < -0.3 is 0 Å². The van der Waals surface area contributed by atoms with E-state index in [-0.39, 0.29) is 7.92 Å². The molecule has 1 saturated carbocycles. The van der Waals surface area contributed by atoms with Crippen LogP contribution in [0.15, 0.2) is 48.5 Å². The lowest BCUT2D eigenvalue weighted by Crippen LogP contribution is -2.22. The Morgan fingerprint density at radius 3 is 1.60 bits per heavy atom. The topological polar surface area (TPSA) is 0 Å². The molecule has 1 aliphatic carbocycles. The van der Waals surface area contributed by atoms with Crippen LogP contribution >= 0.6 is 7.92 Å². The van der Waals surface area contributed by atoms with Gasteiger partial charge in [0.05, 0.1) is 0 Å². The molecule has 0 unspecified atom stereocenters. The van der Waals surface area contributed by atoms with Crippen LogP contribution in [-0.2, 0) is 0 Å². The largest absolute Gasteiger partial charge is 0.0587 e. The van der Waals surface area contributed by atoms with Gasteiger partial charge in [0.1, 0.15) is 0 Å². The summed E-state index contributed by atoms with van der Waals surface area (Å²) >= 11 is 0. The van der Waals surface area contributed by atoms with E-state index in [1.807, 2.05) is 0 Å². The zero-order valence-corrected chi connectivity index (χ0v) is 13.4. The molecule has 0 spiro atoms. The molecule has 0 aromatic heterocycles. The number of benzene rings is 2. The van der Waals surface area contributed by atoms with Crippen LogP contribution in [0.1, 0.15) is 30.4 Å². The monoisotopic (exact) mass is 282 g/mol. The Labute approximate surface area is 124 Å². The van der Waals surface area contributed by atoms with Crippen molar-refractivity contribution in [2.24, 2.45) is 5.92 Å². The van der Waals surface area contributed by atoms with Crippen molar-refractivity contribution < 1.29 is 0 Å². The summed E-state index contributed by atoms with van der Waals surface area (Å²) < 4.78 is 0. The maximum atomic E-state index is 2.35. The highest BCUT2D eigenvalue weighted by atomic mass is 31.1. The molecule has 2 aromatic carbocycles. The third-order valence-electron chi connectivity index (χ3n) is 4.36. The first-order valence-electron chi connectivity index (χ1n) is 7.63. The number of rotatable bonds is 4. The van der Waals surface area contributed by atoms with Crippen molar-refractivity contribution in [1.82, 2.24) is 0 Å². The molecule has 0 heterocycles. The molecule has 1 aliphatic rings. The molecule has 20 heavy (non-hydrogen) atoms. The second-order valence-electron chi connectivity index (χ2n) is 6.08. The lowest BCUT2D eigenvalue weighted by atomic mass is 9.87. The zero-order valence-electron chi connectivity index (χ0n) is 12.5. The first kappa shape index (κ1) is 13.8. The van der Waals surface area contributed by atoms with Crippen molar-refractivity contribution in [3.63, 3.8) is 0 Å². The van der Waals surface area contributed by atoms with E-state index in [4.69, 9.17) is 0 Å². The summed E-state index contributed by atoms with van der Waals surface area (Å²) in [4.78, 5) is 0. The Kier molecular flexibility index (Phi) is 4.22. The van der Waals surface area contributed by atoms with E-state index < -0.39 is 0 Å². The Bertz CT molecular complexity index is 504. The molecule has 1 fully saturated rings. The van der Waals surface area contributed by atoms with Crippen LogP contribution in [0.25, 0.3) is 0 Å². The average molecular weight is 282 g/mol. The number of hydrogen-bond donors (Lipinski definition) is 0. The van der Waals surface area contributed by atoms with Crippen LogP contribution < -0.4 is 10.6 Å². The molecule has 0 saturated heterocycles. The summed E-state index contributed by atoms with van der Waals surface area (Å²) in [6.07, 6.45) is 5.70. The molecule has 0 nitrogen and oxygen atoms in total.